The van der Waals surface area contributed by atoms with Gasteiger partial charge in [0.25, 0.3) is 0 Å². The Morgan fingerprint density at radius 3 is 2.65 bits per heavy atom. The quantitative estimate of drug-likeness (QED) is 0.640. The molecule has 1 amide bonds. The molecule has 0 saturated carbocycles. The van der Waals surface area contributed by atoms with E-state index >= 15 is 0 Å². The van der Waals surface area contributed by atoms with Crippen LogP contribution in [-0.2, 0) is 17.6 Å². The largest absolute Gasteiger partial charge is 0.492 e. The molecule has 2 aliphatic rings. The van der Waals surface area contributed by atoms with Crippen molar-refractivity contribution in [2.24, 2.45) is 11.3 Å². The number of likely N-dealkylation sites (tertiary alicyclic amines) is 1. The summed E-state index contributed by atoms with van der Waals surface area (Å²) in [5.74, 6) is 1.92. The number of rotatable bonds is 4. The number of hydrogen-bond acceptors (Lipinski definition) is 4. The number of piperidine rings is 1. The van der Waals surface area contributed by atoms with E-state index in [1.165, 1.54) is 24.8 Å². The van der Waals surface area contributed by atoms with Crippen LogP contribution in [-0.4, -0.2) is 60.0 Å². The van der Waals surface area contributed by atoms with E-state index in [1.54, 1.807) is 12.4 Å². The number of carbonyl (C=O) groups excluding carboxylic acids is 1. The molecule has 1 aromatic heterocycles. The number of ether oxygens (including phenoxy) is 1. The van der Waals surface area contributed by atoms with Gasteiger partial charge in [0, 0.05) is 45.1 Å². The van der Waals surface area contributed by atoms with Gasteiger partial charge in [-0.2, -0.15) is 0 Å². The maximum Gasteiger partial charge on any atom is 0.227 e. The van der Waals surface area contributed by atoms with Crippen molar-refractivity contribution in [2.45, 2.75) is 58.8 Å². The second-order valence-electron chi connectivity index (χ2n) is 10.7. The summed E-state index contributed by atoms with van der Waals surface area (Å²) in [6.45, 7) is 10.2. The first-order chi connectivity index (χ1) is 16.5. The Balaban J connectivity index is 1.42. The van der Waals surface area contributed by atoms with Crippen molar-refractivity contribution in [1.82, 2.24) is 14.8 Å². The summed E-state index contributed by atoms with van der Waals surface area (Å²) in [4.78, 5) is 21.8. The molecule has 1 saturated heterocycles. The number of nitrogens with zero attached hydrogens (tertiary/aromatic N) is 3. The molecule has 1 aromatic carbocycles. The molecule has 1 fully saturated rings. The van der Waals surface area contributed by atoms with Gasteiger partial charge in [-0.1, -0.05) is 44.5 Å². The molecule has 0 unspecified atom stereocenters. The van der Waals surface area contributed by atoms with Gasteiger partial charge in [-0.15, -0.1) is 0 Å². The first kappa shape index (κ1) is 24.7. The molecule has 3 heterocycles. The zero-order chi connectivity index (χ0) is 23.8. The predicted octanol–water partition coefficient (Wildman–Crippen LogP) is 5.00. The van der Waals surface area contributed by atoms with Gasteiger partial charge >= 0.3 is 0 Å². The summed E-state index contributed by atoms with van der Waals surface area (Å²) >= 11 is 0. The number of carbonyl (C=O) groups is 1. The van der Waals surface area contributed by atoms with E-state index in [0.717, 1.165) is 69.9 Å². The lowest BCUT2D eigenvalue weighted by molar-refractivity contribution is -0.133. The zero-order valence-corrected chi connectivity index (χ0v) is 21.0. The van der Waals surface area contributed by atoms with Crippen molar-refractivity contribution < 1.29 is 9.53 Å². The first-order valence-corrected chi connectivity index (χ1v) is 13.1. The number of amides is 1. The van der Waals surface area contributed by atoms with E-state index in [9.17, 15) is 4.79 Å². The minimum Gasteiger partial charge on any atom is -0.492 e. The topological polar surface area (TPSA) is 45.7 Å². The molecule has 5 heteroatoms. The second kappa shape index (κ2) is 11.8. The van der Waals surface area contributed by atoms with Crippen LogP contribution in [0.1, 0.15) is 57.1 Å². The van der Waals surface area contributed by atoms with Crippen LogP contribution in [0.5, 0.6) is 5.75 Å². The fraction of sp³-hybridized carbons (Fsp3) is 0.586. The van der Waals surface area contributed by atoms with E-state index in [1.807, 2.05) is 12.1 Å². The molecule has 2 aromatic rings. The Labute approximate surface area is 205 Å². The summed E-state index contributed by atoms with van der Waals surface area (Å²) in [5.41, 5.74) is 2.63. The highest BCUT2D eigenvalue weighted by Gasteiger charge is 2.37. The maximum absolute atomic E-state index is 12.9. The lowest BCUT2D eigenvalue weighted by Crippen LogP contribution is -2.49. The monoisotopic (exact) mass is 463 g/mol. The van der Waals surface area contributed by atoms with Gasteiger partial charge in [0.15, 0.2) is 0 Å². The lowest BCUT2D eigenvalue weighted by atomic mass is 9.73. The van der Waals surface area contributed by atoms with E-state index in [4.69, 9.17) is 4.74 Å². The third-order valence-electron chi connectivity index (χ3n) is 7.48. The van der Waals surface area contributed by atoms with Gasteiger partial charge < -0.3 is 9.64 Å². The highest BCUT2D eigenvalue weighted by Crippen LogP contribution is 2.38. The predicted molar refractivity (Wildman–Crippen MR) is 137 cm³/mol. The molecule has 184 valence electrons. The number of pyridine rings is 1. The number of aromatic nitrogens is 1. The first-order valence-electron chi connectivity index (χ1n) is 13.1. The number of benzene rings is 1. The molecule has 1 spiro atoms. The van der Waals surface area contributed by atoms with Crippen molar-refractivity contribution in [3.05, 3.63) is 59.9 Å². The lowest BCUT2D eigenvalue weighted by Gasteiger charge is -2.45. The molecule has 4 rings (SSSR count). The average molecular weight is 464 g/mol. The van der Waals surface area contributed by atoms with Crippen molar-refractivity contribution in [2.75, 3.05) is 39.3 Å². The van der Waals surface area contributed by atoms with Gasteiger partial charge in [-0.25, -0.2) is 0 Å². The van der Waals surface area contributed by atoms with E-state index in [0.29, 0.717) is 17.8 Å². The maximum atomic E-state index is 12.9. The summed E-state index contributed by atoms with van der Waals surface area (Å²) in [5, 5.41) is 0. The molecule has 0 aliphatic carbocycles. The molecule has 34 heavy (non-hydrogen) atoms. The standard InChI is InChI=1S/C29H41N3O2/c1-24(2)22-31-18-19-34-27-11-4-3-9-26(27)10-5-6-12-29(23-31)13-16-32(17-14-29)28(33)20-25-8-7-15-30-21-25/h3-4,7-9,11,15,21,24H,5-6,10,12-14,16-20,22-23H2,1-2H3. The minimum atomic E-state index is 0.236. The molecule has 0 radical (unpaired) electrons. The van der Waals surface area contributed by atoms with Crippen LogP contribution >= 0.6 is 0 Å². The summed E-state index contributed by atoms with van der Waals surface area (Å²) in [6, 6.07) is 12.4. The van der Waals surface area contributed by atoms with Gasteiger partial charge in [-0.3, -0.25) is 14.7 Å². The second-order valence-corrected chi connectivity index (χ2v) is 10.7. The van der Waals surface area contributed by atoms with Gasteiger partial charge in [0.2, 0.25) is 5.91 Å². The van der Waals surface area contributed by atoms with Gasteiger partial charge in [0.1, 0.15) is 12.4 Å². The molecule has 0 atom stereocenters. The summed E-state index contributed by atoms with van der Waals surface area (Å²) in [7, 11) is 0. The average Bonchev–Trinajstić information content (AvgIpc) is 2.82. The smallest absolute Gasteiger partial charge is 0.227 e. The normalized spacial score (nSPS) is 19.7. The fourth-order valence-electron chi connectivity index (χ4n) is 5.68. The number of para-hydroxylation sites is 1. The molecule has 0 N–H and O–H groups in total. The van der Waals surface area contributed by atoms with Crippen LogP contribution in [0.4, 0.5) is 0 Å². The van der Waals surface area contributed by atoms with E-state index in [-0.39, 0.29) is 5.91 Å². The van der Waals surface area contributed by atoms with Crippen LogP contribution in [0.25, 0.3) is 0 Å². The minimum absolute atomic E-state index is 0.236. The Morgan fingerprint density at radius 2 is 1.88 bits per heavy atom. The Kier molecular flexibility index (Phi) is 8.60. The van der Waals surface area contributed by atoms with E-state index in [2.05, 4.69) is 52.9 Å². The van der Waals surface area contributed by atoms with Gasteiger partial charge in [-0.05, 0) is 66.7 Å². The Morgan fingerprint density at radius 1 is 1.06 bits per heavy atom. The third kappa shape index (κ3) is 6.82. The summed E-state index contributed by atoms with van der Waals surface area (Å²) in [6.07, 6.45) is 11.0. The van der Waals surface area contributed by atoms with Crippen LogP contribution < -0.4 is 4.74 Å². The van der Waals surface area contributed by atoms with Crippen LogP contribution in [0.3, 0.4) is 0 Å². The van der Waals surface area contributed by atoms with Crippen LogP contribution in [0.15, 0.2) is 48.8 Å². The van der Waals surface area contributed by atoms with Crippen molar-refractivity contribution >= 4 is 5.91 Å². The summed E-state index contributed by atoms with van der Waals surface area (Å²) < 4.78 is 6.25. The number of aryl methyl sites for hydroxylation is 1. The third-order valence-corrected chi connectivity index (χ3v) is 7.48. The molecule has 0 bridgehead atoms. The number of hydrogen-bond donors (Lipinski definition) is 0. The molecule has 2 aliphatic heterocycles. The van der Waals surface area contributed by atoms with Gasteiger partial charge in [0.05, 0.1) is 6.42 Å². The number of fused-ring (bicyclic) bond motifs is 1. The highest BCUT2D eigenvalue weighted by molar-refractivity contribution is 5.78. The molecular formula is C29H41N3O2. The molecular weight excluding hydrogens is 422 g/mol. The zero-order valence-electron chi connectivity index (χ0n) is 21.0. The van der Waals surface area contributed by atoms with Crippen LogP contribution in [0, 0.1) is 11.3 Å². The van der Waals surface area contributed by atoms with Crippen molar-refractivity contribution in [3.8, 4) is 5.75 Å². The van der Waals surface area contributed by atoms with E-state index < -0.39 is 0 Å². The Bertz CT molecular complexity index is 907. The van der Waals surface area contributed by atoms with Crippen LogP contribution in [0.2, 0.25) is 0 Å². The Hall–Kier alpha value is -2.40. The SMILES string of the molecule is CC(C)CN1CCOc2ccccc2CCCCC2(CCN(C(=O)Cc3cccnc3)CC2)C1. The highest BCUT2D eigenvalue weighted by atomic mass is 16.5. The van der Waals surface area contributed by atoms with Crippen molar-refractivity contribution in [3.63, 3.8) is 0 Å². The fourth-order valence-corrected chi connectivity index (χ4v) is 5.68. The van der Waals surface area contributed by atoms with Crippen molar-refractivity contribution in [1.29, 1.82) is 0 Å². The molecule has 5 nitrogen and oxygen atoms in total.